The topological polar surface area (TPSA) is 49.4 Å². The molecule has 0 saturated heterocycles. The molecule has 0 saturated carbocycles. The lowest BCUT2D eigenvalue weighted by atomic mass is 10.1. The smallest absolute Gasteiger partial charge is 0.256 e. The number of hydrogen-bond acceptors (Lipinski definition) is 2. The fourth-order valence-electron chi connectivity index (χ4n) is 2.46. The van der Waals surface area contributed by atoms with E-state index in [2.05, 4.69) is 5.32 Å². The van der Waals surface area contributed by atoms with Crippen molar-refractivity contribution in [3.8, 4) is 0 Å². The van der Waals surface area contributed by atoms with Gasteiger partial charge in [0.2, 0.25) is 5.91 Å². The van der Waals surface area contributed by atoms with E-state index < -0.39 is 29.5 Å². The van der Waals surface area contributed by atoms with Crippen molar-refractivity contribution in [2.75, 3.05) is 11.9 Å². The second-order valence-electron chi connectivity index (χ2n) is 5.78. The summed E-state index contributed by atoms with van der Waals surface area (Å²) in [5, 5.41) is 2.52. The summed E-state index contributed by atoms with van der Waals surface area (Å²) in [6.45, 7) is 3.67. The van der Waals surface area contributed by atoms with E-state index in [1.54, 1.807) is 31.2 Å². The van der Waals surface area contributed by atoms with Crippen LogP contribution in [0.4, 0.5) is 14.5 Å². The Kier molecular flexibility index (Phi) is 6.69. The highest BCUT2D eigenvalue weighted by Crippen LogP contribution is 2.23. The number of rotatable bonds is 6. The van der Waals surface area contributed by atoms with Crippen LogP contribution in [0.25, 0.3) is 0 Å². The van der Waals surface area contributed by atoms with Gasteiger partial charge in [0.15, 0.2) is 11.6 Å². The fourth-order valence-corrected chi connectivity index (χ4v) is 2.69. The van der Waals surface area contributed by atoms with Gasteiger partial charge in [-0.3, -0.25) is 9.59 Å². The maximum Gasteiger partial charge on any atom is 0.256 e. The third-order valence-corrected chi connectivity index (χ3v) is 4.17. The van der Waals surface area contributed by atoms with Crippen molar-refractivity contribution in [2.45, 2.75) is 26.3 Å². The second kappa shape index (κ2) is 8.76. The summed E-state index contributed by atoms with van der Waals surface area (Å²) in [4.78, 5) is 26.6. The zero-order valence-corrected chi connectivity index (χ0v) is 15.2. The molecule has 0 bridgehead atoms. The summed E-state index contributed by atoms with van der Waals surface area (Å²) in [5.74, 6) is -3.33. The number of nitrogens with zero attached hydrogens (tertiary/aromatic N) is 1. The minimum absolute atomic E-state index is 0.182. The van der Waals surface area contributed by atoms with Crippen molar-refractivity contribution in [3.63, 3.8) is 0 Å². The first-order chi connectivity index (χ1) is 12.3. The first-order valence-corrected chi connectivity index (χ1v) is 8.54. The summed E-state index contributed by atoms with van der Waals surface area (Å²) in [5.41, 5.74) is 0.414. The molecule has 138 valence electrons. The van der Waals surface area contributed by atoms with Gasteiger partial charge in [-0.1, -0.05) is 36.7 Å². The van der Waals surface area contributed by atoms with Crippen molar-refractivity contribution >= 4 is 29.1 Å². The van der Waals surface area contributed by atoms with Gasteiger partial charge in [-0.25, -0.2) is 8.78 Å². The number of halogens is 3. The molecule has 7 heteroatoms. The lowest BCUT2D eigenvalue weighted by Gasteiger charge is -2.28. The van der Waals surface area contributed by atoms with E-state index in [4.69, 9.17) is 11.6 Å². The molecule has 0 fully saturated rings. The Morgan fingerprint density at radius 1 is 1.15 bits per heavy atom. The molecule has 2 rings (SSSR count). The highest BCUT2D eigenvalue weighted by molar-refractivity contribution is 6.33. The van der Waals surface area contributed by atoms with Crippen molar-refractivity contribution < 1.29 is 18.4 Å². The number of benzene rings is 2. The minimum atomic E-state index is -1.17. The standard InChI is InChI=1S/C19H19ClF2N2O2/c1-3-9-24(12(2)18(25)23-13-7-5-4-6-8-13)19(26)14-10-16(21)17(22)11-15(14)20/h4-8,10-12H,3,9H2,1-2H3,(H,23,25). The molecular formula is C19H19ClF2N2O2. The number of para-hydroxylation sites is 1. The average molecular weight is 381 g/mol. The molecule has 0 spiro atoms. The van der Waals surface area contributed by atoms with Crippen LogP contribution in [0.15, 0.2) is 42.5 Å². The Bertz CT molecular complexity index is 800. The molecule has 0 aromatic heterocycles. The van der Waals surface area contributed by atoms with E-state index in [9.17, 15) is 18.4 Å². The van der Waals surface area contributed by atoms with Crippen molar-refractivity contribution in [1.82, 2.24) is 4.90 Å². The summed E-state index contributed by atoms with van der Waals surface area (Å²) in [6, 6.07) is 9.50. The average Bonchev–Trinajstić information content (AvgIpc) is 2.62. The number of nitrogens with one attached hydrogen (secondary N) is 1. The molecule has 0 aliphatic heterocycles. The monoisotopic (exact) mass is 380 g/mol. The Morgan fingerprint density at radius 2 is 1.77 bits per heavy atom. The SMILES string of the molecule is CCCN(C(=O)c1cc(F)c(F)cc1Cl)C(C)C(=O)Nc1ccccc1. The Hall–Kier alpha value is -2.47. The van der Waals surface area contributed by atoms with Crippen LogP contribution in [0.2, 0.25) is 5.02 Å². The van der Waals surface area contributed by atoms with Gasteiger partial charge in [0.1, 0.15) is 6.04 Å². The summed E-state index contributed by atoms with van der Waals surface area (Å²) < 4.78 is 26.8. The molecule has 2 amide bonds. The quantitative estimate of drug-likeness (QED) is 0.750. The Morgan fingerprint density at radius 3 is 2.38 bits per heavy atom. The lowest BCUT2D eigenvalue weighted by molar-refractivity contribution is -0.120. The van der Waals surface area contributed by atoms with Gasteiger partial charge in [-0.05, 0) is 37.6 Å². The molecule has 4 nitrogen and oxygen atoms in total. The maximum absolute atomic E-state index is 13.5. The molecule has 0 heterocycles. The van der Waals surface area contributed by atoms with Crippen LogP contribution in [-0.4, -0.2) is 29.3 Å². The number of carbonyl (C=O) groups excluding carboxylic acids is 2. The molecule has 0 aliphatic carbocycles. The number of carbonyl (C=O) groups is 2. The third-order valence-electron chi connectivity index (χ3n) is 3.85. The summed E-state index contributed by atoms with van der Waals surface area (Å²) in [7, 11) is 0. The van der Waals surface area contributed by atoms with Crippen molar-refractivity contribution in [1.29, 1.82) is 0 Å². The Balaban J connectivity index is 2.25. The second-order valence-corrected chi connectivity index (χ2v) is 6.18. The van der Waals surface area contributed by atoms with Crippen LogP contribution in [0.1, 0.15) is 30.6 Å². The predicted molar refractivity (Wildman–Crippen MR) is 97.2 cm³/mol. The Labute approximate surface area is 155 Å². The molecule has 1 unspecified atom stereocenters. The van der Waals surface area contributed by atoms with Crippen LogP contribution < -0.4 is 5.32 Å². The molecule has 2 aromatic carbocycles. The van der Waals surface area contributed by atoms with Gasteiger partial charge in [0, 0.05) is 12.2 Å². The van der Waals surface area contributed by atoms with Crippen LogP contribution in [0, 0.1) is 11.6 Å². The van der Waals surface area contributed by atoms with Gasteiger partial charge < -0.3 is 10.2 Å². The van der Waals surface area contributed by atoms with Crippen LogP contribution in [0.5, 0.6) is 0 Å². The van der Waals surface area contributed by atoms with E-state index in [0.29, 0.717) is 12.1 Å². The zero-order chi connectivity index (χ0) is 19.3. The highest BCUT2D eigenvalue weighted by atomic mass is 35.5. The molecular weight excluding hydrogens is 362 g/mol. The van der Waals surface area contributed by atoms with Gasteiger partial charge >= 0.3 is 0 Å². The number of amides is 2. The molecule has 0 radical (unpaired) electrons. The zero-order valence-electron chi connectivity index (χ0n) is 14.4. The first-order valence-electron chi connectivity index (χ1n) is 8.16. The number of hydrogen-bond donors (Lipinski definition) is 1. The lowest BCUT2D eigenvalue weighted by Crippen LogP contribution is -2.46. The third kappa shape index (κ3) is 4.58. The van der Waals surface area contributed by atoms with E-state index in [0.717, 1.165) is 12.1 Å². The van der Waals surface area contributed by atoms with Crippen molar-refractivity contribution in [2.24, 2.45) is 0 Å². The van der Waals surface area contributed by atoms with E-state index in [1.807, 2.05) is 13.0 Å². The van der Waals surface area contributed by atoms with E-state index in [-0.39, 0.29) is 17.1 Å². The normalized spacial score (nSPS) is 11.7. The molecule has 1 N–H and O–H groups in total. The van der Waals surface area contributed by atoms with Crippen LogP contribution in [0.3, 0.4) is 0 Å². The van der Waals surface area contributed by atoms with Crippen LogP contribution in [-0.2, 0) is 4.79 Å². The maximum atomic E-state index is 13.5. The summed E-state index contributed by atoms with van der Waals surface area (Å²) >= 11 is 5.90. The first kappa shape index (κ1) is 19.8. The van der Waals surface area contributed by atoms with Gasteiger partial charge in [0.25, 0.3) is 5.91 Å². The highest BCUT2D eigenvalue weighted by Gasteiger charge is 2.28. The fraction of sp³-hybridized carbons (Fsp3) is 0.263. The molecule has 26 heavy (non-hydrogen) atoms. The van der Waals surface area contributed by atoms with Gasteiger partial charge in [-0.2, -0.15) is 0 Å². The molecule has 0 aliphatic rings. The predicted octanol–water partition coefficient (Wildman–Crippen LogP) is 4.50. The van der Waals surface area contributed by atoms with Gasteiger partial charge in [-0.15, -0.1) is 0 Å². The largest absolute Gasteiger partial charge is 0.327 e. The van der Waals surface area contributed by atoms with Crippen LogP contribution >= 0.6 is 11.6 Å². The summed E-state index contributed by atoms with van der Waals surface area (Å²) in [6.07, 6.45) is 0.579. The molecule has 1 atom stereocenters. The van der Waals surface area contributed by atoms with E-state index >= 15 is 0 Å². The van der Waals surface area contributed by atoms with Crippen molar-refractivity contribution in [3.05, 3.63) is 64.7 Å². The van der Waals surface area contributed by atoms with Gasteiger partial charge in [0.05, 0.1) is 10.6 Å². The molecule has 2 aromatic rings. The number of anilines is 1. The minimum Gasteiger partial charge on any atom is -0.327 e. The van der Waals surface area contributed by atoms with E-state index in [1.165, 1.54) is 4.90 Å².